The third-order valence-corrected chi connectivity index (χ3v) is 3.50. The van der Waals surface area contributed by atoms with Crippen molar-refractivity contribution >= 4 is 32.6 Å². The maximum Gasteiger partial charge on any atom is 0.241 e. The van der Waals surface area contributed by atoms with Crippen molar-refractivity contribution in [2.45, 2.75) is 0 Å². The van der Waals surface area contributed by atoms with Gasteiger partial charge in [-0.2, -0.15) is 15.1 Å². The highest BCUT2D eigenvalue weighted by atomic mass is 32.2. The summed E-state index contributed by atoms with van der Waals surface area (Å²) < 4.78 is 22.4. The standard InChI is InChI=1S/C9H15N7O2S/c1-16(3-4-19(2,17)18)8-6-5-11-15-7(6)12-9(13-8)14-10/h5H,3-4,10H2,1-2H3,(H2,11,12,13,14,15). The van der Waals surface area contributed by atoms with E-state index in [1.54, 1.807) is 18.1 Å². The molecule has 0 atom stereocenters. The van der Waals surface area contributed by atoms with E-state index in [2.05, 4.69) is 25.6 Å². The smallest absolute Gasteiger partial charge is 0.241 e. The highest BCUT2D eigenvalue weighted by Gasteiger charge is 2.14. The lowest BCUT2D eigenvalue weighted by Crippen LogP contribution is -2.26. The van der Waals surface area contributed by atoms with Crippen LogP contribution in [0.3, 0.4) is 0 Å². The Morgan fingerprint density at radius 1 is 1.47 bits per heavy atom. The van der Waals surface area contributed by atoms with Crippen molar-refractivity contribution < 1.29 is 8.42 Å². The number of hydrogen-bond acceptors (Lipinski definition) is 8. The van der Waals surface area contributed by atoms with Gasteiger partial charge in [0.2, 0.25) is 5.95 Å². The van der Waals surface area contributed by atoms with E-state index >= 15 is 0 Å². The number of aromatic nitrogens is 4. The number of aromatic amines is 1. The molecule has 0 unspecified atom stereocenters. The van der Waals surface area contributed by atoms with Crippen molar-refractivity contribution in [3.63, 3.8) is 0 Å². The van der Waals surface area contributed by atoms with Crippen LogP contribution >= 0.6 is 0 Å². The summed E-state index contributed by atoms with van der Waals surface area (Å²) in [5.74, 6) is 6.14. The van der Waals surface area contributed by atoms with Gasteiger partial charge >= 0.3 is 0 Å². The lowest BCUT2D eigenvalue weighted by atomic mass is 10.3. The molecule has 4 N–H and O–H groups in total. The van der Waals surface area contributed by atoms with Crippen molar-refractivity contribution in [2.75, 3.05) is 35.9 Å². The Kier molecular flexibility index (Phi) is 3.53. The molecule has 10 heteroatoms. The molecule has 104 valence electrons. The molecule has 9 nitrogen and oxygen atoms in total. The fourth-order valence-corrected chi connectivity index (χ4v) is 2.19. The van der Waals surface area contributed by atoms with Crippen molar-refractivity contribution in [2.24, 2.45) is 5.84 Å². The van der Waals surface area contributed by atoms with Crippen LogP contribution in [0.1, 0.15) is 0 Å². The van der Waals surface area contributed by atoms with E-state index < -0.39 is 9.84 Å². The summed E-state index contributed by atoms with van der Waals surface area (Å²) in [6, 6.07) is 0. The fraction of sp³-hybridized carbons (Fsp3) is 0.444. The molecule has 0 bridgehead atoms. The van der Waals surface area contributed by atoms with Gasteiger partial charge in [0.15, 0.2) is 5.65 Å². The van der Waals surface area contributed by atoms with Gasteiger partial charge in [0.25, 0.3) is 0 Å². The van der Waals surface area contributed by atoms with Gasteiger partial charge in [-0.15, -0.1) is 0 Å². The van der Waals surface area contributed by atoms with Crippen LogP contribution in [-0.4, -0.2) is 54.2 Å². The molecule has 0 aliphatic carbocycles. The summed E-state index contributed by atoms with van der Waals surface area (Å²) in [4.78, 5) is 10.0. The molecular formula is C9H15N7O2S. The Balaban J connectivity index is 2.34. The van der Waals surface area contributed by atoms with Crippen molar-refractivity contribution in [3.05, 3.63) is 6.20 Å². The average Bonchev–Trinajstić information content (AvgIpc) is 2.81. The monoisotopic (exact) mass is 285 g/mol. The Labute approximate surface area is 110 Å². The van der Waals surface area contributed by atoms with Gasteiger partial charge in [0, 0.05) is 19.8 Å². The highest BCUT2D eigenvalue weighted by molar-refractivity contribution is 7.90. The summed E-state index contributed by atoms with van der Waals surface area (Å²) >= 11 is 0. The minimum Gasteiger partial charge on any atom is -0.358 e. The highest BCUT2D eigenvalue weighted by Crippen LogP contribution is 2.22. The van der Waals surface area contributed by atoms with Crippen LogP contribution in [0.2, 0.25) is 0 Å². The Morgan fingerprint density at radius 3 is 2.84 bits per heavy atom. The van der Waals surface area contributed by atoms with Crippen LogP contribution in [0, 0.1) is 0 Å². The van der Waals surface area contributed by atoms with Gasteiger partial charge in [-0.3, -0.25) is 10.5 Å². The van der Waals surface area contributed by atoms with Gasteiger partial charge in [0.05, 0.1) is 17.3 Å². The van der Waals surface area contributed by atoms with E-state index in [-0.39, 0.29) is 11.7 Å². The second kappa shape index (κ2) is 4.97. The third-order valence-electron chi connectivity index (χ3n) is 2.58. The van der Waals surface area contributed by atoms with Crippen molar-refractivity contribution in [1.29, 1.82) is 0 Å². The minimum absolute atomic E-state index is 0.0399. The van der Waals surface area contributed by atoms with Crippen molar-refractivity contribution in [3.8, 4) is 0 Å². The molecule has 0 aliphatic heterocycles. The summed E-state index contributed by atoms with van der Waals surface area (Å²) in [6.45, 7) is 0.320. The second-order valence-electron chi connectivity index (χ2n) is 4.20. The number of nitrogens with two attached hydrogens (primary N) is 1. The van der Waals surface area contributed by atoms with Crippen LogP contribution in [0.15, 0.2) is 6.20 Å². The maximum atomic E-state index is 11.2. The summed E-state index contributed by atoms with van der Waals surface area (Å²) in [7, 11) is -1.28. The maximum absolute atomic E-state index is 11.2. The molecule has 0 amide bonds. The zero-order valence-corrected chi connectivity index (χ0v) is 11.4. The number of sulfone groups is 1. The molecule has 0 aliphatic rings. The summed E-state index contributed by atoms with van der Waals surface area (Å²) in [5.41, 5.74) is 2.89. The van der Waals surface area contributed by atoms with Gasteiger partial charge in [-0.1, -0.05) is 0 Å². The normalized spacial score (nSPS) is 11.7. The van der Waals surface area contributed by atoms with Gasteiger partial charge < -0.3 is 4.90 Å². The Morgan fingerprint density at radius 2 is 2.21 bits per heavy atom. The number of nitrogens with one attached hydrogen (secondary N) is 2. The van der Waals surface area contributed by atoms with E-state index in [0.717, 1.165) is 0 Å². The van der Waals surface area contributed by atoms with Crippen LogP contribution in [0.5, 0.6) is 0 Å². The number of fused-ring (bicyclic) bond motifs is 1. The third kappa shape index (κ3) is 3.09. The van der Waals surface area contributed by atoms with E-state index in [9.17, 15) is 8.42 Å². The van der Waals surface area contributed by atoms with Crippen LogP contribution < -0.4 is 16.2 Å². The average molecular weight is 285 g/mol. The van der Waals surface area contributed by atoms with Crippen LogP contribution in [0.4, 0.5) is 11.8 Å². The molecule has 2 aromatic heterocycles. The zero-order valence-electron chi connectivity index (χ0n) is 10.6. The number of hydrogen-bond donors (Lipinski definition) is 3. The topological polar surface area (TPSA) is 130 Å². The summed E-state index contributed by atoms with van der Waals surface area (Å²) in [6.07, 6.45) is 2.78. The first kappa shape index (κ1) is 13.5. The lowest BCUT2D eigenvalue weighted by molar-refractivity contribution is 0.601. The molecule has 2 aromatic rings. The van der Waals surface area contributed by atoms with E-state index in [0.29, 0.717) is 23.4 Å². The molecule has 0 saturated heterocycles. The van der Waals surface area contributed by atoms with Gasteiger partial charge in [0.1, 0.15) is 15.7 Å². The van der Waals surface area contributed by atoms with E-state index in [1.165, 1.54) is 6.26 Å². The summed E-state index contributed by atoms with van der Waals surface area (Å²) in [5, 5.41) is 7.31. The number of nitrogens with zero attached hydrogens (tertiary/aromatic N) is 4. The molecule has 0 radical (unpaired) electrons. The quantitative estimate of drug-likeness (QED) is 0.477. The van der Waals surface area contributed by atoms with Gasteiger partial charge in [-0.25, -0.2) is 14.3 Å². The number of H-pyrrole nitrogens is 1. The molecule has 0 saturated carbocycles. The number of rotatable bonds is 5. The predicted molar refractivity (Wildman–Crippen MR) is 72.5 cm³/mol. The predicted octanol–water partition coefficient (Wildman–Crippen LogP) is -0.881. The first-order valence-corrected chi connectivity index (χ1v) is 7.53. The largest absolute Gasteiger partial charge is 0.358 e. The van der Waals surface area contributed by atoms with E-state index in [4.69, 9.17) is 5.84 Å². The lowest BCUT2D eigenvalue weighted by Gasteiger charge is -2.18. The van der Waals surface area contributed by atoms with Crippen LogP contribution in [-0.2, 0) is 9.84 Å². The van der Waals surface area contributed by atoms with Crippen LogP contribution in [0.25, 0.3) is 11.0 Å². The molecule has 0 fully saturated rings. The number of nitrogen functional groups attached to an aromatic ring is 1. The SMILES string of the molecule is CN(CCS(C)(=O)=O)c1nc(NN)nc2[nH]ncc12. The number of hydrazine groups is 1. The molecule has 19 heavy (non-hydrogen) atoms. The molecule has 2 heterocycles. The Hall–Kier alpha value is -1.94. The van der Waals surface area contributed by atoms with Gasteiger partial charge in [-0.05, 0) is 0 Å². The molecule has 0 spiro atoms. The second-order valence-corrected chi connectivity index (χ2v) is 6.46. The number of anilines is 2. The first-order valence-electron chi connectivity index (χ1n) is 5.47. The molecule has 0 aromatic carbocycles. The van der Waals surface area contributed by atoms with E-state index in [1.807, 2.05) is 0 Å². The molecular weight excluding hydrogens is 270 g/mol. The van der Waals surface area contributed by atoms with Crippen molar-refractivity contribution in [1.82, 2.24) is 20.2 Å². The fourth-order valence-electron chi connectivity index (χ4n) is 1.58. The Bertz CT molecular complexity index is 681. The minimum atomic E-state index is -3.03. The molecule has 2 rings (SSSR count). The first-order chi connectivity index (χ1) is 8.90. The zero-order chi connectivity index (χ0) is 14.0.